The molecule has 21 heavy (non-hydrogen) atoms. The van der Waals surface area contributed by atoms with E-state index in [9.17, 15) is 21.6 Å². The summed E-state index contributed by atoms with van der Waals surface area (Å²) in [7, 11) is -3.57. The van der Waals surface area contributed by atoms with E-state index >= 15 is 0 Å². The molecule has 3 nitrogen and oxygen atoms in total. The molecule has 112 valence electrons. The van der Waals surface area contributed by atoms with Crippen molar-refractivity contribution in [3.05, 3.63) is 53.8 Å². The van der Waals surface area contributed by atoms with Crippen molar-refractivity contribution >= 4 is 15.5 Å². The standard InChI is InChI=1S/C14H11F3NO2S/c1-21(19,20)13-5-3-2-4-10(13)9-6-7-12(18)11(8-9)14(15,16)17/h2-8,18H,1H3/q-1. The minimum Gasteiger partial charge on any atom is -0.698 e. The van der Waals surface area contributed by atoms with E-state index in [0.717, 1.165) is 18.4 Å². The van der Waals surface area contributed by atoms with Gasteiger partial charge in [0.15, 0.2) is 9.84 Å². The van der Waals surface area contributed by atoms with E-state index < -0.39 is 27.3 Å². The largest absolute Gasteiger partial charge is 0.698 e. The SMILES string of the molecule is CS(=O)(=O)c1ccccc1-c1ccc([NH-])c(C(F)(F)F)c1. The minimum absolute atomic E-state index is 0.0455. The fourth-order valence-corrected chi connectivity index (χ4v) is 2.89. The lowest BCUT2D eigenvalue weighted by molar-refractivity contribution is -0.136. The maximum Gasteiger partial charge on any atom is 0.415 e. The maximum absolute atomic E-state index is 12.8. The summed E-state index contributed by atoms with van der Waals surface area (Å²) in [5, 5.41) is 0. The summed E-state index contributed by atoms with van der Waals surface area (Å²) < 4.78 is 62.0. The van der Waals surface area contributed by atoms with Crippen LogP contribution < -0.4 is 0 Å². The van der Waals surface area contributed by atoms with Gasteiger partial charge in [-0.1, -0.05) is 30.3 Å². The van der Waals surface area contributed by atoms with Gasteiger partial charge in [0.2, 0.25) is 0 Å². The van der Waals surface area contributed by atoms with E-state index in [1.807, 2.05) is 0 Å². The van der Waals surface area contributed by atoms with Gasteiger partial charge in [-0.05, 0) is 17.7 Å². The highest BCUT2D eigenvalue weighted by Crippen LogP contribution is 2.39. The first-order valence-electron chi connectivity index (χ1n) is 5.83. The zero-order valence-corrected chi connectivity index (χ0v) is 11.7. The summed E-state index contributed by atoms with van der Waals surface area (Å²) in [6.45, 7) is 0. The molecule has 7 heteroatoms. The van der Waals surface area contributed by atoms with Gasteiger partial charge >= 0.3 is 6.18 Å². The van der Waals surface area contributed by atoms with Gasteiger partial charge in [0.05, 0.1) is 4.90 Å². The van der Waals surface area contributed by atoms with Crippen LogP contribution in [0.1, 0.15) is 5.56 Å². The third kappa shape index (κ3) is 3.18. The third-order valence-electron chi connectivity index (χ3n) is 2.92. The highest BCUT2D eigenvalue weighted by atomic mass is 32.2. The number of hydrogen-bond donors (Lipinski definition) is 0. The Morgan fingerprint density at radius 3 is 2.24 bits per heavy atom. The smallest absolute Gasteiger partial charge is 0.415 e. The zero-order valence-electron chi connectivity index (χ0n) is 10.9. The van der Waals surface area contributed by atoms with Crippen LogP contribution in [0.4, 0.5) is 18.9 Å². The Balaban J connectivity index is 2.70. The van der Waals surface area contributed by atoms with E-state index in [0.29, 0.717) is 0 Å². The molecule has 0 unspecified atom stereocenters. The first kappa shape index (κ1) is 15.4. The molecule has 1 N–H and O–H groups in total. The number of rotatable bonds is 2. The van der Waals surface area contributed by atoms with Crippen molar-refractivity contribution < 1.29 is 21.6 Å². The van der Waals surface area contributed by atoms with Gasteiger partial charge in [0.1, 0.15) is 0 Å². The van der Waals surface area contributed by atoms with Crippen LogP contribution in [0.15, 0.2) is 47.4 Å². The van der Waals surface area contributed by atoms with E-state index in [2.05, 4.69) is 0 Å². The topological polar surface area (TPSA) is 57.9 Å². The van der Waals surface area contributed by atoms with Gasteiger partial charge in [0.25, 0.3) is 0 Å². The lowest BCUT2D eigenvalue weighted by atomic mass is 10.0. The molecule has 0 fully saturated rings. The zero-order chi connectivity index (χ0) is 15.8. The molecule has 0 saturated carbocycles. The summed E-state index contributed by atoms with van der Waals surface area (Å²) >= 11 is 0. The van der Waals surface area contributed by atoms with Crippen LogP contribution in [0.3, 0.4) is 0 Å². The molecule has 0 bridgehead atoms. The number of nitrogens with one attached hydrogen (secondary N) is 1. The fourth-order valence-electron chi connectivity index (χ4n) is 1.97. The first-order valence-corrected chi connectivity index (χ1v) is 7.72. The summed E-state index contributed by atoms with van der Waals surface area (Å²) in [6, 6.07) is 8.95. The van der Waals surface area contributed by atoms with Crippen molar-refractivity contribution in [3.8, 4) is 11.1 Å². The van der Waals surface area contributed by atoms with E-state index in [1.165, 1.54) is 24.3 Å². The summed E-state index contributed by atoms with van der Waals surface area (Å²) in [4.78, 5) is -0.0455. The van der Waals surface area contributed by atoms with E-state index in [-0.39, 0.29) is 16.0 Å². The summed E-state index contributed by atoms with van der Waals surface area (Å²) in [5.74, 6) is 0. The Bertz CT molecular complexity index is 783. The molecular formula is C14H11F3NO2S-. The minimum atomic E-state index is -4.66. The predicted octanol–water partition coefficient (Wildman–Crippen LogP) is 4.46. The van der Waals surface area contributed by atoms with Gasteiger partial charge in [0, 0.05) is 17.4 Å². The summed E-state index contributed by atoms with van der Waals surface area (Å²) in [6.07, 6.45) is -3.66. The second-order valence-electron chi connectivity index (χ2n) is 4.53. The quantitative estimate of drug-likeness (QED) is 0.821. The van der Waals surface area contributed by atoms with Gasteiger partial charge in [-0.15, -0.1) is 5.69 Å². The second-order valence-corrected chi connectivity index (χ2v) is 6.51. The monoisotopic (exact) mass is 314 g/mol. The van der Waals surface area contributed by atoms with Crippen LogP contribution in [-0.4, -0.2) is 14.7 Å². The average Bonchev–Trinajstić information content (AvgIpc) is 2.37. The Hall–Kier alpha value is -2.02. The van der Waals surface area contributed by atoms with Crippen LogP contribution >= 0.6 is 0 Å². The van der Waals surface area contributed by atoms with E-state index in [4.69, 9.17) is 5.73 Å². The molecule has 0 atom stereocenters. The van der Waals surface area contributed by atoms with Crippen LogP contribution in [0.2, 0.25) is 0 Å². The molecule has 0 heterocycles. The number of hydrogen-bond acceptors (Lipinski definition) is 2. The molecule has 2 rings (SSSR count). The van der Waals surface area contributed by atoms with Gasteiger partial charge in [-0.3, -0.25) is 0 Å². The van der Waals surface area contributed by atoms with E-state index in [1.54, 1.807) is 6.07 Å². The fraction of sp³-hybridized carbons (Fsp3) is 0.143. The number of alkyl halides is 3. The maximum atomic E-state index is 12.8. The van der Waals surface area contributed by atoms with Gasteiger partial charge in [-0.2, -0.15) is 13.2 Å². The Morgan fingerprint density at radius 2 is 1.67 bits per heavy atom. The van der Waals surface area contributed by atoms with Crippen molar-refractivity contribution in [1.82, 2.24) is 0 Å². The molecule has 0 aliphatic heterocycles. The number of benzene rings is 2. The molecule has 0 amide bonds. The Labute approximate surface area is 120 Å². The molecule has 0 aromatic heterocycles. The van der Waals surface area contributed by atoms with Crippen LogP contribution in [0.5, 0.6) is 0 Å². The van der Waals surface area contributed by atoms with Crippen molar-refractivity contribution in [2.75, 3.05) is 6.26 Å². The van der Waals surface area contributed by atoms with Gasteiger partial charge in [-0.25, -0.2) is 8.42 Å². The van der Waals surface area contributed by atoms with Gasteiger partial charge < -0.3 is 5.73 Å². The lowest BCUT2D eigenvalue weighted by Crippen LogP contribution is -2.05. The van der Waals surface area contributed by atoms with Crippen molar-refractivity contribution in [1.29, 1.82) is 0 Å². The first-order chi connectivity index (χ1) is 9.60. The lowest BCUT2D eigenvalue weighted by Gasteiger charge is -2.17. The van der Waals surface area contributed by atoms with Crippen molar-refractivity contribution in [2.24, 2.45) is 0 Å². The van der Waals surface area contributed by atoms with Crippen LogP contribution in [0.25, 0.3) is 16.9 Å². The number of sulfone groups is 1. The Morgan fingerprint density at radius 1 is 1.05 bits per heavy atom. The molecule has 0 aliphatic rings. The van der Waals surface area contributed by atoms with Crippen molar-refractivity contribution in [2.45, 2.75) is 11.1 Å². The highest BCUT2D eigenvalue weighted by Gasteiger charge is 2.31. The van der Waals surface area contributed by atoms with Crippen molar-refractivity contribution in [3.63, 3.8) is 0 Å². The molecule has 0 aliphatic carbocycles. The predicted molar refractivity (Wildman–Crippen MR) is 74.0 cm³/mol. The Kier molecular flexibility index (Phi) is 3.71. The normalized spacial score (nSPS) is 12.4. The molecular weight excluding hydrogens is 303 g/mol. The summed E-state index contributed by atoms with van der Waals surface area (Å²) in [5.41, 5.74) is 5.88. The average molecular weight is 314 g/mol. The van der Waals surface area contributed by atoms with Crippen LogP contribution in [-0.2, 0) is 16.0 Å². The molecule has 2 aromatic rings. The molecule has 0 spiro atoms. The molecule has 2 aromatic carbocycles. The second kappa shape index (κ2) is 5.07. The molecule has 0 saturated heterocycles. The third-order valence-corrected chi connectivity index (χ3v) is 4.08. The highest BCUT2D eigenvalue weighted by molar-refractivity contribution is 7.90. The number of halogens is 3. The molecule has 0 radical (unpaired) electrons. The van der Waals surface area contributed by atoms with Crippen LogP contribution in [0, 0.1) is 0 Å².